The maximum Gasteiger partial charge on any atom is 0.243 e. The lowest BCUT2D eigenvalue weighted by atomic mass is 9.97. The molecule has 0 radical (unpaired) electrons. The van der Waals surface area contributed by atoms with Gasteiger partial charge in [0.15, 0.2) is 0 Å². The fourth-order valence-corrected chi connectivity index (χ4v) is 4.77. The number of nitrogens with zero attached hydrogens (tertiary/aromatic N) is 3. The Kier molecular flexibility index (Phi) is 5.96. The highest BCUT2D eigenvalue weighted by Gasteiger charge is 2.31. The van der Waals surface area contributed by atoms with Gasteiger partial charge in [0, 0.05) is 51.4 Å². The van der Waals surface area contributed by atoms with Crippen molar-refractivity contribution >= 4 is 15.9 Å². The van der Waals surface area contributed by atoms with Gasteiger partial charge in [-0.2, -0.15) is 4.31 Å². The van der Waals surface area contributed by atoms with Gasteiger partial charge in [-0.3, -0.25) is 4.79 Å². The van der Waals surface area contributed by atoms with Gasteiger partial charge in [-0.25, -0.2) is 13.4 Å². The molecule has 1 saturated heterocycles. The number of nitrogens with one attached hydrogen (secondary N) is 1. The highest BCUT2D eigenvalue weighted by molar-refractivity contribution is 7.89. The number of aryl methyl sites for hydroxylation is 2. The number of amides is 1. The number of benzene rings is 1. The molecule has 1 aromatic heterocycles. The van der Waals surface area contributed by atoms with Gasteiger partial charge in [0.25, 0.3) is 0 Å². The van der Waals surface area contributed by atoms with Gasteiger partial charge in [-0.1, -0.05) is 17.7 Å². The number of carbonyl (C=O) groups is 1. The van der Waals surface area contributed by atoms with Crippen LogP contribution in [0.5, 0.6) is 0 Å². The molecular weight excluding hydrogens is 364 g/mol. The van der Waals surface area contributed by atoms with Crippen molar-refractivity contribution in [3.63, 3.8) is 0 Å². The first-order valence-corrected chi connectivity index (χ1v) is 10.6. The first kappa shape index (κ1) is 19.6. The minimum Gasteiger partial charge on any atom is -0.355 e. The van der Waals surface area contributed by atoms with Crippen molar-refractivity contribution in [2.45, 2.75) is 31.1 Å². The van der Waals surface area contributed by atoms with Crippen molar-refractivity contribution in [2.24, 2.45) is 13.0 Å². The molecular formula is C19H26N4O3S. The summed E-state index contributed by atoms with van der Waals surface area (Å²) in [6, 6.07) is 6.88. The van der Waals surface area contributed by atoms with Gasteiger partial charge in [0.05, 0.1) is 4.90 Å². The number of imidazole rings is 1. The van der Waals surface area contributed by atoms with Crippen LogP contribution in [-0.4, -0.2) is 47.8 Å². The zero-order valence-corrected chi connectivity index (χ0v) is 16.6. The van der Waals surface area contributed by atoms with Crippen LogP contribution in [0.15, 0.2) is 41.6 Å². The van der Waals surface area contributed by atoms with E-state index in [9.17, 15) is 13.2 Å². The van der Waals surface area contributed by atoms with Crippen LogP contribution in [0.2, 0.25) is 0 Å². The summed E-state index contributed by atoms with van der Waals surface area (Å²) in [5.74, 6) is 0.779. The van der Waals surface area contributed by atoms with Crippen LogP contribution in [0.4, 0.5) is 0 Å². The van der Waals surface area contributed by atoms with E-state index < -0.39 is 10.0 Å². The topological polar surface area (TPSA) is 84.3 Å². The Bertz CT molecular complexity index is 882. The van der Waals surface area contributed by atoms with E-state index in [1.54, 1.807) is 30.5 Å². The summed E-state index contributed by atoms with van der Waals surface area (Å²) >= 11 is 0. The van der Waals surface area contributed by atoms with Crippen molar-refractivity contribution in [3.8, 4) is 0 Å². The molecule has 2 heterocycles. The summed E-state index contributed by atoms with van der Waals surface area (Å²) in [7, 11) is -1.56. The number of rotatable bonds is 6. The highest BCUT2D eigenvalue weighted by Crippen LogP contribution is 2.24. The van der Waals surface area contributed by atoms with Crippen LogP contribution in [0, 0.1) is 12.8 Å². The lowest BCUT2D eigenvalue weighted by Crippen LogP contribution is -2.43. The molecule has 8 heteroatoms. The Balaban J connectivity index is 1.50. The Morgan fingerprint density at radius 2 is 1.89 bits per heavy atom. The summed E-state index contributed by atoms with van der Waals surface area (Å²) in [4.78, 5) is 16.9. The molecule has 7 nitrogen and oxygen atoms in total. The maximum atomic E-state index is 12.7. The van der Waals surface area contributed by atoms with Gasteiger partial charge < -0.3 is 9.88 Å². The largest absolute Gasteiger partial charge is 0.355 e. The first-order chi connectivity index (χ1) is 12.9. The smallest absolute Gasteiger partial charge is 0.243 e. The fourth-order valence-electron chi connectivity index (χ4n) is 3.30. The number of sulfonamides is 1. The number of hydrogen-bond acceptors (Lipinski definition) is 4. The van der Waals surface area contributed by atoms with Crippen molar-refractivity contribution in [1.29, 1.82) is 0 Å². The molecule has 1 aromatic carbocycles. The number of aromatic nitrogens is 2. The normalized spacial score (nSPS) is 16.4. The van der Waals surface area contributed by atoms with Crippen LogP contribution < -0.4 is 5.32 Å². The third kappa shape index (κ3) is 4.56. The van der Waals surface area contributed by atoms with Crippen molar-refractivity contribution in [1.82, 2.24) is 19.2 Å². The Labute approximate surface area is 160 Å². The first-order valence-electron chi connectivity index (χ1n) is 9.18. The Morgan fingerprint density at radius 1 is 1.22 bits per heavy atom. The standard InChI is InChI=1S/C19H26N4O3S/c1-15-3-5-17(6-4-15)27(25,26)23-12-8-16(9-13-23)19(24)21-10-7-18-20-11-14-22(18)2/h3-6,11,14,16H,7-10,12-13H2,1-2H3,(H,21,24). The molecule has 146 valence electrons. The number of carbonyl (C=O) groups excluding carboxylic acids is 1. The van der Waals surface area contributed by atoms with Crippen molar-refractivity contribution < 1.29 is 13.2 Å². The molecule has 3 rings (SSSR count). The molecule has 1 N–H and O–H groups in total. The summed E-state index contributed by atoms with van der Waals surface area (Å²) in [6.45, 7) is 3.20. The predicted octanol–water partition coefficient (Wildman–Crippen LogP) is 1.49. The van der Waals surface area contributed by atoms with Gasteiger partial charge in [0.2, 0.25) is 15.9 Å². The van der Waals surface area contributed by atoms with Crippen LogP contribution in [-0.2, 0) is 28.3 Å². The third-order valence-corrected chi connectivity index (χ3v) is 6.97. The molecule has 1 aliphatic heterocycles. The molecule has 27 heavy (non-hydrogen) atoms. The number of hydrogen-bond donors (Lipinski definition) is 1. The average Bonchev–Trinajstić information content (AvgIpc) is 3.07. The lowest BCUT2D eigenvalue weighted by molar-refractivity contribution is -0.126. The van der Waals surface area contributed by atoms with Crippen LogP contribution >= 0.6 is 0 Å². The minimum atomic E-state index is -3.49. The van der Waals surface area contributed by atoms with Gasteiger partial charge in [-0.05, 0) is 31.9 Å². The average molecular weight is 391 g/mol. The summed E-state index contributed by atoms with van der Waals surface area (Å²) in [6.07, 6.45) is 5.37. The quantitative estimate of drug-likeness (QED) is 0.810. The van der Waals surface area contributed by atoms with Crippen molar-refractivity contribution in [3.05, 3.63) is 48.0 Å². The van der Waals surface area contributed by atoms with E-state index in [1.165, 1.54) is 4.31 Å². The number of piperidine rings is 1. The van der Waals surface area contributed by atoms with E-state index in [0.29, 0.717) is 43.8 Å². The van der Waals surface area contributed by atoms with Gasteiger partial charge in [-0.15, -0.1) is 0 Å². The van der Waals surface area contributed by atoms with E-state index in [0.717, 1.165) is 11.4 Å². The molecule has 0 unspecified atom stereocenters. The van der Waals surface area contributed by atoms with E-state index in [-0.39, 0.29) is 11.8 Å². The van der Waals surface area contributed by atoms with Gasteiger partial charge in [0.1, 0.15) is 5.82 Å². The summed E-state index contributed by atoms with van der Waals surface area (Å²) in [5.41, 5.74) is 1.02. The van der Waals surface area contributed by atoms with Crippen LogP contribution in [0.3, 0.4) is 0 Å². The zero-order valence-electron chi connectivity index (χ0n) is 15.8. The second kappa shape index (κ2) is 8.22. The second-order valence-electron chi connectivity index (χ2n) is 6.99. The molecule has 0 saturated carbocycles. The molecule has 1 fully saturated rings. The highest BCUT2D eigenvalue weighted by atomic mass is 32.2. The molecule has 0 atom stereocenters. The Hall–Kier alpha value is -2.19. The van der Waals surface area contributed by atoms with Crippen molar-refractivity contribution in [2.75, 3.05) is 19.6 Å². The van der Waals surface area contributed by atoms with E-state index in [1.807, 2.05) is 24.7 Å². The summed E-state index contributed by atoms with van der Waals surface area (Å²) in [5, 5.41) is 2.95. The Morgan fingerprint density at radius 3 is 2.48 bits per heavy atom. The second-order valence-corrected chi connectivity index (χ2v) is 8.92. The van der Waals surface area contributed by atoms with E-state index in [4.69, 9.17) is 0 Å². The van der Waals surface area contributed by atoms with Gasteiger partial charge >= 0.3 is 0 Å². The lowest BCUT2D eigenvalue weighted by Gasteiger charge is -2.30. The minimum absolute atomic E-state index is 0.00315. The molecule has 0 spiro atoms. The van der Waals surface area contributed by atoms with E-state index in [2.05, 4.69) is 10.3 Å². The predicted molar refractivity (Wildman–Crippen MR) is 103 cm³/mol. The van der Waals surface area contributed by atoms with E-state index >= 15 is 0 Å². The van der Waals surface area contributed by atoms with Crippen LogP contribution in [0.1, 0.15) is 24.2 Å². The molecule has 1 amide bonds. The summed E-state index contributed by atoms with van der Waals surface area (Å²) < 4.78 is 28.9. The molecule has 1 aliphatic rings. The fraction of sp³-hybridized carbons (Fsp3) is 0.474. The molecule has 0 bridgehead atoms. The van der Waals surface area contributed by atoms with Crippen LogP contribution in [0.25, 0.3) is 0 Å². The monoisotopic (exact) mass is 390 g/mol. The third-order valence-electron chi connectivity index (χ3n) is 5.05. The molecule has 2 aromatic rings. The SMILES string of the molecule is Cc1ccc(S(=O)(=O)N2CCC(C(=O)NCCc3nccn3C)CC2)cc1. The maximum absolute atomic E-state index is 12.7. The molecule has 0 aliphatic carbocycles. The zero-order chi connectivity index (χ0) is 19.4.